The quantitative estimate of drug-likeness (QED) is 0.0197. The number of carbonyl (C=O) groups excluding carboxylic acids is 3. The van der Waals surface area contributed by atoms with E-state index < -0.39 is 57.8 Å². The highest BCUT2D eigenvalue weighted by Crippen LogP contribution is 2.43. The summed E-state index contributed by atoms with van der Waals surface area (Å²) in [7, 11) is -4.78. The van der Waals surface area contributed by atoms with E-state index in [1.165, 1.54) is 89.9 Å². The van der Waals surface area contributed by atoms with E-state index in [4.69, 9.17) is 23.3 Å². The number of aliphatic hydroxyl groups is 1. The van der Waals surface area contributed by atoms with Gasteiger partial charge in [0.1, 0.15) is 12.7 Å². The van der Waals surface area contributed by atoms with Crippen LogP contribution in [-0.4, -0.2) is 66.5 Å². The molecule has 0 spiro atoms. The molecular weight excluding hydrogens is 976 g/mol. The monoisotopic (exact) mass is 1080 g/mol. The van der Waals surface area contributed by atoms with Crippen LogP contribution in [0.2, 0.25) is 0 Å². The molecule has 0 amide bonds. The molecule has 0 aromatic heterocycles. The molecule has 0 aromatic rings. The van der Waals surface area contributed by atoms with Gasteiger partial charge in [0.15, 0.2) is 6.10 Å². The molecule has 76 heavy (non-hydrogen) atoms. The number of carbonyl (C=O) groups is 3. The Morgan fingerprint density at radius 3 is 1.17 bits per heavy atom. The Labute approximate surface area is 463 Å². The molecule has 0 aromatic carbocycles. The highest BCUT2D eigenvalue weighted by Gasteiger charge is 2.28. The third-order valence-corrected chi connectivity index (χ3v) is 13.4. The number of unbranched alkanes of at least 4 members (excludes halogenated alkanes) is 22. The lowest BCUT2D eigenvalue weighted by Crippen LogP contribution is -2.30. The molecule has 0 aliphatic rings. The second-order valence-electron chi connectivity index (χ2n) is 19.8. The van der Waals surface area contributed by atoms with Gasteiger partial charge in [-0.1, -0.05) is 221 Å². The molecule has 0 fully saturated rings. The molecule has 0 aliphatic heterocycles. The molecule has 3 atom stereocenters. The van der Waals surface area contributed by atoms with Crippen molar-refractivity contribution in [3.05, 3.63) is 97.2 Å². The van der Waals surface area contributed by atoms with Crippen LogP contribution in [0.3, 0.4) is 0 Å². The maximum absolute atomic E-state index is 12.9. The molecule has 0 bridgehead atoms. The number of aliphatic hydroxyl groups excluding tert-OH is 1. The Bertz CT molecular complexity index is 1640. The van der Waals surface area contributed by atoms with E-state index in [9.17, 15) is 28.9 Å². The van der Waals surface area contributed by atoms with Crippen molar-refractivity contribution < 1.29 is 52.2 Å². The Morgan fingerprint density at radius 1 is 0.382 bits per heavy atom. The smallest absolute Gasteiger partial charge is 0.462 e. The molecule has 0 aliphatic carbocycles. The minimum atomic E-state index is -4.78. The molecule has 3 unspecified atom stereocenters. The van der Waals surface area contributed by atoms with E-state index in [1.54, 1.807) is 0 Å². The van der Waals surface area contributed by atoms with Gasteiger partial charge < -0.3 is 24.2 Å². The number of phosphoric acid groups is 1. The van der Waals surface area contributed by atoms with Crippen molar-refractivity contribution in [1.29, 1.82) is 0 Å². The predicted octanol–water partition coefficient (Wildman–Crippen LogP) is 18.0. The minimum Gasteiger partial charge on any atom is -0.462 e. The average Bonchev–Trinajstić information content (AvgIpc) is 3.41. The van der Waals surface area contributed by atoms with Crippen LogP contribution < -0.4 is 0 Å². The molecule has 12 heteroatoms. The van der Waals surface area contributed by atoms with Crippen LogP contribution in [0.4, 0.5) is 0 Å². The lowest BCUT2D eigenvalue weighted by Gasteiger charge is -2.21. The highest BCUT2D eigenvalue weighted by molar-refractivity contribution is 7.47. The molecule has 0 heterocycles. The fourth-order valence-corrected chi connectivity index (χ4v) is 8.68. The van der Waals surface area contributed by atoms with Gasteiger partial charge in [0.25, 0.3) is 0 Å². The van der Waals surface area contributed by atoms with E-state index in [-0.39, 0.29) is 25.9 Å². The fraction of sp³-hybridized carbons (Fsp3) is 0.703. The first-order valence-electron chi connectivity index (χ1n) is 30.1. The third-order valence-electron chi connectivity index (χ3n) is 12.5. The summed E-state index contributed by atoms with van der Waals surface area (Å²) in [5.41, 5.74) is 0. The fourth-order valence-electron chi connectivity index (χ4n) is 7.90. The van der Waals surface area contributed by atoms with Crippen LogP contribution >= 0.6 is 7.82 Å². The zero-order chi connectivity index (χ0) is 55.5. The molecule has 0 saturated heterocycles. The van der Waals surface area contributed by atoms with Crippen LogP contribution in [0.5, 0.6) is 0 Å². The highest BCUT2D eigenvalue weighted by atomic mass is 31.2. The normalized spacial score (nSPS) is 14.0. The van der Waals surface area contributed by atoms with Crippen LogP contribution in [0.1, 0.15) is 252 Å². The molecule has 0 saturated carbocycles. The van der Waals surface area contributed by atoms with Gasteiger partial charge in [-0.2, -0.15) is 0 Å². The van der Waals surface area contributed by atoms with Gasteiger partial charge in [0, 0.05) is 19.3 Å². The van der Waals surface area contributed by atoms with Crippen molar-refractivity contribution in [3.63, 3.8) is 0 Å². The zero-order valence-corrected chi connectivity index (χ0v) is 49.1. The van der Waals surface area contributed by atoms with Crippen molar-refractivity contribution in [3.8, 4) is 0 Å². The minimum absolute atomic E-state index is 0.0514. The third kappa shape index (κ3) is 55.2. The predicted molar refractivity (Wildman–Crippen MR) is 316 cm³/mol. The van der Waals surface area contributed by atoms with E-state index in [2.05, 4.69) is 106 Å². The van der Waals surface area contributed by atoms with Crippen LogP contribution in [0.25, 0.3) is 0 Å². The van der Waals surface area contributed by atoms with Crippen molar-refractivity contribution in [2.24, 2.45) is 0 Å². The van der Waals surface area contributed by atoms with Gasteiger partial charge in [-0.3, -0.25) is 23.4 Å². The van der Waals surface area contributed by atoms with Crippen LogP contribution in [0, 0.1) is 0 Å². The van der Waals surface area contributed by atoms with Gasteiger partial charge >= 0.3 is 25.7 Å². The molecule has 11 nitrogen and oxygen atoms in total. The van der Waals surface area contributed by atoms with Crippen molar-refractivity contribution in [2.75, 3.05) is 26.4 Å². The molecule has 0 rings (SSSR count). The van der Waals surface area contributed by atoms with E-state index in [0.717, 1.165) is 103 Å². The number of hydrogen-bond donors (Lipinski definition) is 2. The van der Waals surface area contributed by atoms with Gasteiger partial charge in [-0.15, -0.1) is 0 Å². The molecular formula is C64H109O11P. The number of ether oxygens (including phenoxy) is 3. The lowest BCUT2D eigenvalue weighted by molar-refractivity contribution is -0.161. The second-order valence-corrected chi connectivity index (χ2v) is 21.2. The summed E-state index contributed by atoms with van der Waals surface area (Å²) in [4.78, 5) is 48.6. The number of phosphoric ester groups is 1. The summed E-state index contributed by atoms with van der Waals surface area (Å²) in [6.07, 6.45) is 68.1. The summed E-state index contributed by atoms with van der Waals surface area (Å²) in [5.74, 6) is -1.57. The molecule has 436 valence electrons. The van der Waals surface area contributed by atoms with Crippen molar-refractivity contribution in [2.45, 2.75) is 264 Å². The Balaban J connectivity index is 4.81. The van der Waals surface area contributed by atoms with E-state index in [0.29, 0.717) is 19.3 Å². The first-order chi connectivity index (χ1) is 37.2. The maximum atomic E-state index is 12.9. The van der Waals surface area contributed by atoms with Crippen molar-refractivity contribution >= 4 is 25.7 Å². The second kappa shape index (κ2) is 57.6. The summed E-state index contributed by atoms with van der Waals surface area (Å²) < 4.78 is 39.5. The summed E-state index contributed by atoms with van der Waals surface area (Å²) >= 11 is 0. The number of rotatable bonds is 55. The van der Waals surface area contributed by atoms with Crippen molar-refractivity contribution in [1.82, 2.24) is 0 Å². The SMILES string of the molecule is CC/C=C\C/C=C\C/C=C\C/C=C\CCC(=O)OC(CO)COP(=O)(O)OCC(COC(=O)CCCCCCCCC/C=C\CCCCCCCC)OC(=O)CCCCCCCC/C=C\C/C=C\C/C=C\CCCCC. The standard InChI is InChI=1S/C64H109O11P/c1-4-7-10-13-16-19-22-25-27-29-30-32-34-37-40-43-46-49-52-55-64(68)75-61(57-71-62(66)53-50-47-44-41-38-36-33-31-28-26-23-20-17-14-11-8-5-2)59-73-76(69,70)72-58-60(56-65)74-63(67)54-51-48-45-42-39-35-24-21-18-15-12-9-6-3/h9,12,16,18-19,21,25-28,30,32,35,39,45,48,60-61,65H,4-8,10-11,13-15,17,20,22-24,29,31,33-34,36-38,40-44,46-47,49-59H2,1-3H3,(H,69,70)/b12-9-,19-16-,21-18-,27-25-,28-26-,32-30-,39-35-,48-45-. The van der Waals surface area contributed by atoms with Gasteiger partial charge in [0.05, 0.1) is 19.8 Å². The first kappa shape index (κ1) is 72.4. The van der Waals surface area contributed by atoms with E-state index in [1.807, 2.05) is 12.2 Å². The average molecular weight is 1090 g/mol. The van der Waals surface area contributed by atoms with Gasteiger partial charge in [-0.25, -0.2) is 4.57 Å². The topological polar surface area (TPSA) is 155 Å². The van der Waals surface area contributed by atoms with Crippen LogP contribution in [0.15, 0.2) is 97.2 Å². The first-order valence-corrected chi connectivity index (χ1v) is 31.6. The Morgan fingerprint density at radius 2 is 0.711 bits per heavy atom. The maximum Gasteiger partial charge on any atom is 0.472 e. The summed E-state index contributed by atoms with van der Waals surface area (Å²) in [5, 5.41) is 9.80. The van der Waals surface area contributed by atoms with Gasteiger partial charge in [0.2, 0.25) is 0 Å². The summed E-state index contributed by atoms with van der Waals surface area (Å²) in [6, 6.07) is 0. The van der Waals surface area contributed by atoms with Gasteiger partial charge in [-0.05, 0) is 109 Å². The number of hydrogen-bond acceptors (Lipinski definition) is 10. The van der Waals surface area contributed by atoms with Crippen LogP contribution in [-0.2, 0) is 42.2 Å². The lowest BCUT2D eigenvalue weighted by atomic mass is 10.1. The Kier molecular flexibility index (Phi) is 54.8. The molecule has 0 radical (unpaired) electrons. The van der Waals surface area contributed by atoms with E-state index >= 15 is 0 Å². The zero-order valence-electron chi connectivity index (χ0n) is 48.2. The number of esters is 3. The number of allylic oxidation sites excluding steroid dienone is 16. The molecule has 2 N–H and O–H groups in total. The largest absolute Gasteiger partial charge is 0.472 e. The Hall–Kier alpha value is -3.60. The summed E-state index contributed by atoms with van der Waals surface area (Å²) in [6.45, 7) is 4.40.